The molecule has 176 valence electrons. The Morgan fingerprint density at radius 2 is 1.38 bits per heavy atom. The van der Waals surface area contributed by atoms with Gasteiger partial charge >= 0.3 is 65.3 Å². The van der Waals surface area contributed by atoms with Crippen LogP contribution < -0.4 is 92.7 Å². The van der Waals surface area contributed by atoms with Gasteiger partial charge in [0.1, 0.15) is 7.82 Å². The van der Waals surface area contributed by atoms with Crippen molar-refractivity contribution in [3.8, 4) is 28.7 Å². The van der Waals surface area contributed by atoms with Gasteiger partial charge in [0.2, 0.25) is 11.5 Å². The summed E-state index contributed by atoms with van der Waals surface area (Å²) < 4.78 is 72.0. The van der Waals surface area contributed by atoms with Crippen LogP contribution in [-0.2, 0) is 9.24 Å². The van der Waals surface area contributed by atoms with Gasteiger partial charge in [0, 0.05) is 0 Å². The Morgan fingerprint density at radius 3 is 1.85 bits per heavy atom. The van der Waals surface area contributed by atoms with Crippen LogP contribution in [0.2, 0.25) is 0 Å². The molecule has 0 aliphatic carbocycles. The fraction of sp³-hybridized carbons (Fsp3) is 0.263. The van der Waals surface area contributed by atoms with Crippen LogP contribution in [0, 0.1) is 0 Å². The van der Waals surface area contributed by atoms with E-state index in [2.05, 4.69) is 14.3 Å². The number of alkyl halides is 3. The molecule has 0 aliphatic rings. The van der Waals surface area contributed by atoms with Crippen molar-refractivity contribution in [1.29, 1.82) is 0 Å². The molecule has 0 bridgehead atoms. The molecule has 2 aromatic carbocycles. The van der Waals surface area contributed by atoms with Gasteiger partial charge in [-0.3, -0.25) is 0 Å². The van der Waals surface area contributed by atoms with Crippen LogP contribution in [0.1, 0.15) is 11.1 Å². The third-order valence-corrected chi connectivity index (χ3v) is 3.99. The maximum Gasteiger partial charge on any atom is 1.00 e. The molecular formula is C19H18F3Na2O9P. The Balaban J connectivity index is 0.00000544. The molecule has 0 amide bonds. The second-order valence-corrected chi connectivity index (χ2v) is 7.05. The number of phosphoric acid groups is 1. The van der Waals surface area contributed by atoms with E-state index in [9.17, 15) is 27.5 Å². The van der Waals surface area contributed by atoms with E-state index < -0.39 is 32.1 Å². The first kappa shape index (κ1) is 33.1. The summed E-state index contributed by atoms with van der Waals surface area (Å²) in [6, 6.07) is 6.88. The molecular weight excluding hydrogens is 506 g/mol. The Bertz CT molecular complexity index is 988. The van der Waals surface area contributed by atoms with E-state index in [0.717, 1.165) is 12.1 Å². The van der Waals surface area contributed by atoms with Crippen molar-refractivity contribution in [1.82, 2.24) is 0 Å². The number of hydrogen-bond donors (Lipinski definition) is 0. The van der Waals surface area contributed by atoms with Crippen LogP contribution in [0.15, 0.2) is 30.3 Å². The summed E-state index contributed by atoms with van der Waals surface area (Å²) in [5.74, 6) is 0.127. The van der Waals surface area contributed by atoms with Gasteiger partial charge in [0.25, 0.3) is 0 Å². The average Bonchev–Trinajstić information content (AvgIpc) is 2.73. The SMILES string of the molecule is COc1cc(/C=C\c2ccc(OCC(F)(F)F)c(OOP(=O)([O-])[O-])c2)cc(OC)c1OC.[Na+].[Na+]. The first-order valence-electron chi connectivity index (χ1n) is 8.65. The van der Waals surface area contributed by atoms with Gasteiger partial charge in [0.05, 0.1) is 21.3 Å². The molecule has 2 aromatic rings. The third-order valence-electron chi connectivity index (χ3n) is 3.73. The van der Waals surface area contributed by atoms with E-state index in [1.807, 2.05) is 0 Å². The first-order chi connectivity index (χ1) is 15.0. The predicted octanol–water partition coefficient (Wildman–Crippen LogP) is -3.03. The van der Waals surface area contributed by atoms with Crippen molar-refractivity contribution in [2.45, 2.75) is 6.18 Å². The van der Waals surface area contributed by atoms with Crippen molar-refractivity contribution in [2.75, 3.05) is 27.9 Å². The normalized spacial score (nSPS) is 11.3. The number of benzene rings is 2. The molecule has 2 rings (SSSR count). The quantitative estimate of drug-likeness (QED) is 0.105. The zero-order valence-corrected chi connectivity index (χ0v) is 23.9. The smallest absolute Gasteiger partial charge is 0.787 e. The summed E-state index contributed by atoms with van der Waals surface area (Å²) in [4.78, 5) is 25.7. The van der Waals surface area contributed by atoms with E-state index >= 15 is 0 Å². The molecule has 34 heavy (non-hydrogen) atoms. The van der Waals surface area contributed by atoms with Gasteiger partial charge in [-0.05, 0) is 35.4 Å². The molecule has 0 fully saturated rings. The summed E-state index contributed by atoms with van der Waals surface area (Å²) in [5.41, 5.74) is 0.961. The molecule has 0 atom stereocenters. The maximum absolute atomic E-state index is 12.4. The standard InChI is InChI=1S/C19H20F3O9P.2Na/c1-26-16-9-13(10-17(27-2)18(16)28-3)5-4-12-6-7-14(29-11-19(20,21)22)15(8-12)30-31-32(23,24)25;;/h4-10H,11H2,1-3H3,(H2,23,24,25);;/q;2*+1/p-2/b5-4-;;. The van der Waals surface area contributed by atoms with Crippen LogP contribution in [0.25, 0.3) is 12.2 Å². The topological polar surface area (TPSA) is 119 Å². The Kier molecular flexibility index (Phi) is 14.2. The van der Waals surface area contributed by atoms with Gasteiger partial charge in [-0.15, -0.1) is 0 Å². The minimum absolute atomic E-state index is 0. The van der Waals surface area contributed by atoms with Gasteiger partial charge in [0.15, 0.2) is 23.9 Å². The summed E-state index contributed by atoms with van der Waals surface area (Å²) in [6.45, 7) is -1.67. The van der Waals surface area contributed by atoms with Crippen molar-refractivity contribution < 1.29 is 115 Å². The van der Waals surface area contributed by atoms with E-state index in [1.165, 1.54) is 33.5 Å². The molecule has 0 aromatic heterocycles. The number of rotatable bonds is 10. The molecule has 0 aliphatic heterocycles. The van der Waals surface area contributed by atoms with Gasteiger partial charge in [-0.2, -0.15) is 17.8 Å². The summed E-state index contributed by atoms with van der Waals surface area (Å²) >= 11 is 0. The zero-order valence-electron chi connectivity index (χ0n) is 19.0. The fourth-order valence-corrected chi connectivity index (χ4v) is 2.62. The number of hydrogen-bond acceptors (Lipinski definition) is 9. The second kappa shape index (κ2) is 14.6. The average molecular weight is 524 g/mol. The summed E-state index contributed by atoms with van der Waals surface area (Å²) in [7, 11) is -1.23. The first-order valence-corrected chi connectivity index (χ1v) is 10.1. The minimum atomic E-state index is -5.56. The Morgan fingerprint density at radius 1 is 0.853 bits per heavy atom. The monoisotopic (exact) mass is 524 g/mol. The molecule has 0 unspecified atom stereocenters. The molecule has 0 saturated carbocycles. The minimum Gasteiger partial charge on any atom is -0.787 e. The van der Waals surface area contributed by atoms with Crippen LogP contribution in [0.3, 0.4) is 0 Å². The van der Waals surface area contributed by atoms with Gasteiger partial charge in [-0.25, -0.2) is 0 Å². The van der Waals surface area contributed by atoms with Gasteiger partial charge in [-0.1, -0.05) is 18.2 Å². The molecule has 15 heteroatoms. The van der Waals surface area contributed by atoms with Crippen LogP contribution in [0.4, 0.5) is 13.2 Å². The van der Waals surface area contributed by atoms with Crippen molar-refractivity contribution in [3.63, 3.8) is 0 Å². The summed E-state index contributed by atoms with van der Waals surface area (Å²) in [5, 5.41) is 0. The maximum atomic E-state index is 12.4. The third kappa shape index (κ3) is 10.8. The van der Waals surface area contributed by atoms with Crippen molar-refractivity contribution in [2.24, 2.45) is 0 Å². The van der Waals surface area contributed by atoms with Crippen LogP contribution in [0.5, 0.6) is 28.7 Å². The number of methoxy groups -OCH3 is 3. The predicted molar refractivity (Wildman–Crippen MR) is 102 cm³/mol. The van der Waals surface area contributed by atoms with Crippen molar-refractivity contribution in [3.05, 3.63) is 41.5 Å². The second-order valence-electron chi connectivity index (χ2n) is 6.01. The van der Waals surface area contributed by atoms with Gasteiger partial charge < -0.3 is 38.2 Å². The molecule has 0 saturated heterocycles. The number of ether oxygens (including phenoxy) is 4. The van der Waals surface area contributed by atoms with Crippen LogP contribution >= 0.6 is 7.82 Å². The zero-order chi connectivity index (χ0) is 23.9. The molecule has 9 nitrogen and oxygen atoms in total. The van der Waals surface area contributed by atoms with E-state index in [1.54, 1.807) is 18.2 Å². The Labute approximate surface area is 237 Å². The van der Waals surface area contributed by atoms with Crippen LogP contribution in [-0.4, -0.2) is 34.1 Å². The van der Waals surface area contributed by atoms with E-state index in [-0.39, 0.29) is 59.1 Å². The molecule has 0 spiro atoms. The Hall–Kier alpha value is -0.920. The fourth-order valence-electron chi connectivity index (χ4n) is 2.45. The molecule has 0 N–H and O–H groups in total. The van der Waals surface area contributed by atoms with E-state index in [0.29, 0.717) is 28.4 Å². The molecule has 0 radical (unpaired) electrons. The largest absolute Gasteiger partial charge is 1.00 e. The summed E-state index contributed by atoms with van der Waals surface area (Å²) in [6.07, 6.45) is -1.53. The van der Waals surface area contributed by atoms with E-state index in [4.69, 9.17) is 14.2 Å². The molecule has 0 heterocycles. The van der Waals surface area contributed by atoms with Crippen molar-refractivity contribution >= 4 is 20.0 Å². The number of halogens is 3.